The van der Waals surface area contributed by atoms with Crippen molar-refractivity contribution >= 4 is 65.4 Å². The van der Waals surface area contributed by atoms with Crippen molar-refractivity contribution in [3.8, 4) is 28.2 Å². The van der Waals surface area contributed by atoms with Crippen LogP contribution >= 0.6 is 0 Å². The highest BCUT2D eigenvalue weighted by atomic mass is 15.0. The summed E-state index contributed by atoms with van der Waals surface area (Å²) >= 11 is 0. The van der Waals surface area contributed by atoms with Gasteiger partial charge in [0.2, 0.25) is 0 Å². The van der Waals surface area contributed by atoms with Gasteiger partial charge in [0, 0.05) is 49.4 Å². The fourth-order valence-electron chi connectivity index (χ4n) is 8.48. The minimum absolute atomic E-state index is 1.15. The molecule has 3 nitrogen and oxygen atoms in total. The molecule has 3 heterocycles. The van der Waals surface area contributed by atoms with Gasteiger partial charge in [0.1, 0.15) is 0 Å². The van der Waals surface area contributed by atoms with E-state index in [0.717, 1.165) is 17.1 Å². The molecule has 0 aliphatic carbocycles. The molecule has 0 fully saturated rings. The molecule has 0 spiro atoms. The van der Waals surface area contributed by atoms with Gasteiger partial charge in [0.15, 0.2) is 0 Å². The molecule has 0 unspecified atom stereocenters. The maximum absolute atomic E-state index is 2.46. The Bertz CT molecular complexity index is 3120. The van der Waals surface area contributed by atoms with E-state index in [4.69, 9.17) is 0 Å². The molecule has 0 radical (unpaired) electrons. The molecule has 0 amide bonds. The number of hydrogen-bond donors (Lipinski definition) is 0. The van der Waals surface area contributed by atoms with E-state index < -0.39 is 0 Å². The Morgan fingerprint density at radius 3 is 1.33 bits per heavy atom. The quantitative estimate of drug-likeness (QED) is 0.180. The molecule has 11 aromatic rings. The van der Waals surface area contributed by atoms with E-state index in [9.17, 15) is 0 Å². The van der Waals surface area contributed by atoms with Crippen LogP contribution in [-0.2, 0) is 0 Å². The first kappa shape index (κ1) is 28.0. The van der Waals surface area contributed by atoms with Crippen LogP contribution in [0.5, 0.6) is 0 Å². The Morgan fingerprint density at radius 1 is 0.235 bits per heavy atom. The van der Waals surface area contributed by atoms with Crippen molar-refractivity contribution in [3.63, 3.8) is 0 Å². The van der Waals surface area contributed by atoms with Gasteiger partial charge >= 0.3 is 0 Å². The van der Waals surface area contributed by atoms with E-state index in [1.807, 2.05) is 0 Å². The van der Waals surface area contributed by atoms with Gasteiger partial charge in [-0.1, -0.05) is 121 Å². The predicted octanol–water partition coefficient (Wildman–Crippen LogP) is 12.6. The third-order valence-corrected chi connectivity index (χ3v) is 10.6. The van der Waals surface area contributed by atoms with E-state index >= 15 is 0 Å². The zero-order valence-corrected chi connectivity index (χ0v) is 27.7. The Kier molecular flexibility index (Phi) is 5.96. The van der Waals surface area contributed by atoms with Crippen molar-refractivity contribution in [2.75, 3.05) is 0 Å². The summed E-state index contributed by atoms with van der Waals surface area (Å²) in [7, 11) is 0. The summed E-state index contributed by atoms with van der Waals surface area (Å²) in [5.74, 6) is 0. The summed E-state index contributed by atoms with van der Waals surface area (Å²) in [5, 5.41) is 7.58. The summed E-state index contributed by atoms with van der Waals surface area (Å²) in [6.07, 6.45) is 0. The molecule has 0 atom stereocenters. The summed E-state index contributed by atoms with van der Waals surface area (Å²) in [6, 6.07) is 68.4. The first-order chi connectivity index (χ1) is 25.3. The fraction of sp³-hybridized carbons (Fsp3) is 0. The van der Waals surface area contributed by atoms with Crippen LogP contribution in [0.15, 0.2) is 188 Å². The molecule has 3 aromatic heterocycles. The standard InChI is InChI=1S/C48H31N3/c1-3-14-32(15-4-1)33-16-13-19-35(30-33)50-42-24-11-8-21-39(42)47-44(50)28-29-45-48(47)40-22-9-12-25-43(40)51(45)36-26-27-38-37-20-7-10-23-41(37)49(46(38)31-36)34-17-5-2-6-18-34/h1-31H. The van der Waals surface area contributed by atoms with Crippen LogP contribution in [0.1, 0.15) is 0 Å². The zero-order chi connectivity index (χ0) is 33.5. The topological polar surface area (TPSA) is 14.8 Å². The van der Waals surface area contributed by atoms with Crippen LogP contribution in [-0.4, -0.2) is 13.7 Å². The van der Waals surface area contributed by atoms with Gasteiger partial charge in [-0.15, -0.1) is 0 Å². The second-order valence-corrected chi connectivity index (χ2v) is 13.4. The Balaban J connectivity index is 1.21. The lowest BCUT2D eigenvalue weighted by molar-refractivity contribution is 1.15. The van der Waals surface area contributed by atoms with Crippen LogP contribution in [0.2, 0.25) is 0 Å². The van der Waals surface area contributed by atoms with Gasteiger partial charge in [-0.2, -0.15) is 0 Å². The van der Waals surface area contributed by atoms with Gasteiger partial charge in [-0.25, -0.2) is 0 Å². The van der Waals surface area contributed by atoms with Gasteiger partial charge in [-0.3, -0.25) is 0 Å². The highest BCUT2D eigenvalue weighted by Gasteiger charge is 2.21. The molecule has 3 heteroatoms. The number of benzene rings is 8. The maximum atomic E-state index is 2.46. The van der Waals surface area contributed by atoms with Crippen molar-refractivity contribution < 1.29 is 0 Å². The third-order valence-electron chi connectivity index (χ3n) is 10.6. The number of rotatable bonds is 4. The Morgan fingerprint density at radius 2 is 0.686 bits per heavy atom. The van der Waals surface area contributed by atoms with Gasteiger partial charge in [0.25, 0.3) is 0 Å². The highest BCUT2D eigenvalue weighted by molar-refractivity contribution is 6.29. The highest BCUT2D eigenvalue weighted by Crippen LogP contribution is 2.43. The zero-order valence-electron chi connectivity index (χ0n) is 27.7. The first-order valence-electron chi connectivity index (χ1n) is 17.5. The lowest BCUT2D eigenvalue weighted by Crippen LogP contribution is -1.97. The SMILES string of the molecule is c1ccc(-c2cccc(-n3c4ccccc4c4c5c6ccccc6n(-c6ccc7c8ccccc8n(-c8ccccc8)c7c6)c5ccc43)c2)cc1. The van der Waals surface area contributed by atoms with Crippen LogP contribution in [0.4, 0.5) is 0 Å². The summed E-state index contributed by atoms with van der Waals surface area (Å²) in [5.41, 5.74) is 13.1. The molecule has 0 aliphatic rings. The molecule has 0 aliphatic heterocycles. The van der Waals surface area contributed by atoms with Crippen molar-refractivity contribution in [1.29, 1.82) is 0 Å². The normalized spacial score (nSPS) is 11.9. The molecule has 0 N–H and O–H groups in total. The van der Waals surface area contributed by atoms with Crippen molar-refractivity contribution in [1.82, 2.24) is 13.7 Å². The molecule has 0 saturated heterocycles. The second kappa shape index (κ2) is 10.8. The molecule has 0 saturated carbocycles. The summed E-state index contributed by atoms with van der Waals surface area (Å²) in [6.45, 7) is 0. The lowest BCUT2D eigenvalue weighted by atomic mass is 10.0. The van der Waals surface area contributed by atoms with Gasteiger partial charge in [-0.05, 0) is 77.9 Å². The number of aromatic nitrogens is 3. The van der Waals surface area contributed by atoms with E-state index in [0.29, 0.717) is 0 Å². The molecule has 238 valence electrons. The van der Waals surface area contributed by atoms with Crippen molar-refractivity contribution in [3.05, 3.63) is 188 Å². The second-order valence-electron chi connectivity index (χ2n) is 13.4. The predicted molar refractivity (Wildman–Crippen MR) is 215 cm³/mol. The Hall–Kier alpha value is -6.84. The minimum atomic E-state index is 1.15. The van der Waals surface area contributed by atoms with E-state index in [1.54, 1.807) is 0 Å². The minimum Gasteiger partial charge on any atom is -0.309 e. The number of fused-ring (bicyclic) bond motifs is 10. The van der Waals surface area contributed by atoms with Crippen LogP contribution in [0, 0.1) is 0 Å². The van der Waals surface area contributed by atoms with E-state index in [2.05, 4.69) is 202 Å². The smallest absolute Gasteiger partial charge is 0.0561 e. The van der Waals surface area contributed by atoms with Crippen LogP contribution in [0.25, 0.3) is 93.6 Å². The fourth-order valence-corrected chi connectivity index (χ4v) is 8.48. The van der Waals surface area contributed by atoms with Gasteiger partial charge in [0.05, 0.1) is 33.1 Å². The lowest BCUT2D eigenvalue weighted by Gasteiger charge is -2.12. The summed E-state index contributed by atoms with van der Waals surface area (Å²) < 4.78 is 7.29. The summed E-state index contributed by atoms with van der Waals surface area (Å²) in [4.78, 5) is 0. The Labute approximate surface area is 294 Å². The first-order valence-corrected chi connectivity index (χ1v) is 17.5. The molecule has 11 rings (SSSR count). The van der Waals surface area contributed by atoms with Gasteiger partial charge < -0.3 is 13.7 Å². The monoisotopic (exact) mass is 649 g/mol. The molecule has 8 aromatic carbocycles. The number of nitrogens with zero attached hydrogens (tertiary/aromatic N) is 3. The number of para-hydroxylation sites is 4. The average molecular weight is 650 g/mol. The molecule has 0 bridgehead atoms. The van der Waals surface area contributed by atoms with Crippen LogP contribution < -0.4 is 0 Å². The molecular formula is C48H31N3. The largest absolute Gasteiger partial charge is 0.309 e. The van der Waals surface area contributed by atoms with Crippen molar-refractivity contribution in [2.45, 2.75) is 0 Å². The van der Waals surface area contributed by atoms with Crippen molar-refractivity contribution in [2.24, 2.45) is 0 Å². The van der Waals surface area contributed by atoms with E-state index in [1.165, 1.54) is 76.5 Å². The molecular weight excluding hydrogens is 619 g/mol. The third kappa shape index (κ3) is 4.06. The maximum Gasteiger partial charge on any atom is 0.0561 e. The average Bonchev–Trinajstić information content (AvgIpc) is 3.84. The van der Waals surface area contributed by atoms with Crippen LogP contribution in [0.3, 0.4) is 0 Å². The molecule has 51 heavy (non-hydrogen) atoms. The van der Waals surface area contributed by atoms with E-state index in [-0.39, 0.29) is 0 Å². The number of hydrogen-bond acceptors (Lipinski definition) is 0.